The van der Waals surface area contributed by atoms with Crippen molar-refractivity contribution < 1.29 is 4.74 Å². The number of nitriles is 1. The summed E-state index contributed by atoms with van der Waals surface area (Å²) in [6.45, 7) is 1.56. The zero-order valence-electron chi connectivity index (χ0n) is 8.55. The molecule has 0 bridgehead atoms. The summed E-state index contributed by atoms with van der Waals surface area (Å²) in [5.41, 5.74) is 2.55. The molecule has 4 heteroatoms. The van der Waals surface area contributed by atoms with E-state index in [4.69, 9.17) is 10.00 Å². The van der Waals surface area contributed by atoms with E-state index in [1.807, 2.05) is 22.9 Å². The SMILES string of the molecule is N#Cc1ccc(-c2cn3c(n2)OCC3)cc1. The molecule has 0 fully saturated rings. The molecule has 2 aromatic rings. The van der Waals surface area contributed by atoms with Crippen LogP contribution in [0, 0.1) is 11.3 Å². The first-order valence-electron chi connectivity index (χ1n) is 5.07. The van der Waals surface area contributed by atoms with Crippen LogP contribution in [0.2, 0.25) is 0 Å². The third-order valence-electron chi connectivity index (χ3n) is 2.61. The van der Waals surface area contributed by atoms with Crippen LogP contribution in [0.15, 0.2) is 30.5 Å². The van der Waals surface area contributed by atoms with Gasteiger partial charge in [-0.1, -0.05) is 12.1 Å². The fourth-order valence-corrected chi connectivity index (χ4v) is 1.76. The van der Waals surface area contributed by atoms with Gasteiger partial charge in [0.2, 0.25) is 0 Å². The third kappa shape index (κ3) is 1.34. The largest absolute Gasteiger partial charge is 0.463 e. The number of hydrogen-bond donors (Lipinski definition) is 0. The van der Waals surface area contributed by atoms with E-state index in [9.17, 15) is 0 Å². The summed E-state index contributed by atoms with van der Waals surface area (Å²) in [6, 6.07) is 10.2. The minimum absolute atomic E-state index is 0.659. The van der Waals surface area contributed by atoms with Gasteiger partial charge in [-0.05, 0) is 12.1 Å². The first-order valence-corrected chi connectivity index (χ1v) is 5.07. The van der Waals surface area contributed by atoms with Crippen LogP contribution in [0.5, 0.6) is 6.01 Å². The predicted molar refractivity (Wildman–Crippen MR) is 57.9 cm³/mol. The van der Waals surface area contributed by atoms with Crippen molar-refractivity contribution in [3.63, 3.8) is 0 Å². The maximum atomic E-state index is 8.70. The lowest BCUT2D eigenvalue weighted by atomic mass is 10.1. The number of rotatable bonds is 1. The molecule has 0 atom stereocenters. The van der Waals surface area contributed by atoms with Gasteiger partial charge in [0, 0.05) is 11.8 Å². The number of benzene rings is 1. The molecule has 0 N–H and O–H groups in total. The lowest BCUT2D eigenvalue weighted by molar-refractivity contribution is 0.345. The van der Waals surface area contributed by atoms with Crippen LogP contribution in [0.1, 0.15) is 5.56 Å². The Kier molecular flexibility index (Phi) is 1.90. The van der Waals surface area contributed by atoms with E-state index in [0.717, 1.165) is 17.8 Å². The highest BCUT2D eigenvalue weighted by molar-refractivity contribution is 5.60. The lowest BCUT2D eigenvalue weighted by Crippen LogP contribution is -1.92. The van der Waals surface area contributed by atoms with E-state index in [1.54, 1.807) is 12.1 Å². The Bertz CT molecular complexity index is 541. The molecule has 1 aromatic heterocycles. The van der Waals surface area contributed by atoms with E-state index >= 15 is 0 Å². The molecule has 0 aliphatic carbocycles. The molecular weight excluding hydrogens is 202 g/mol. The Balaban J connectivity index is 1.99. The van der Waals surface area contributed by atoms with Gasteiger partial charge in [0.15, 0.2) is 0 Å². The molecule has 1 aromatic carbocycles. The quantitative estimate of drug-likeness (QED) is 0.722. The minimum Gasteiger partial charge on any atom is -0.463 e. The Morgan fingerprint density at radius 2 is 2.12 bits per heavy atom. The first-order chi connectivity index (χ1) is 7.86. The Morgan fingerprint density at radius 1 is 1.31 bits per heavy atom. The minimum atomic E-state index is 0.659. The number of ether oxygens (including phenoxy) is 1. The molecule has 3 rings (SSSR count). The van der Waals surface area contributed by atoms with Gasteiger partial charge in [-0.25, -0.2) is 0 Å². The Labute approximate surface area is 92.7 Å². The summed E-state index contributed by atoms with van der Waals surface area (Å²) in [5.74, 6) is 0. The average Bonchev–Trinajstić information content (AvgIpc) is 2.89. The number of imidazole rings is 1. The summed E-state index contributed by atoms with van der Waals surface area (Å²) >= 11 is 0. The molecule has 2 heterocycles. The topological polar surface area (TPSA) is 50.8 Å². The molecule has 1 aliphatic heterocycles. The van der Waals surface area contributed by atoms with Crippen molar-refractivity contribution in [2.24, 2.45) is 0 Å². The molecule has 0 unspecified atom stereocenters. The zero-order valence-corrected chi connectivity index (χ0v) is 8.55. The van der Waals surface area contributed by atoms with Gasteiger partial charge >= 0.3 is 0 Å². The fourth-order valence-electron chi connectivity index (χ4n) is 1.76. The molecule has 0 saturated carbocycles. The van der Waals surface area contributed by atoms with Crippen molar-refractivity contribution in [1.29, 1.82) is 5.26 Å². The van der Waals surface area contributed by atoms with Crippen LogP contribution in [-0.2, 0) is 6.54 Å². The average molecular weight is 211 g/mol. The molecule has 16 heavy (non-hydrogen) atoms. The van der Waals surface area contributed by atoms with Crippen molar-refractivity contribution in [2.45, 2.75) is 6.54 Å². The summed E-state index contributed by atoms with van der Waals surface area (Å²) < 4.78 is 7.34. The highest BCUT2D eigenvalue weighted by Gasteiger charge is 2.15. The van der Waals surface area contributed by atoms with Crippen molar-refractivity contribution in [3.8, 4) is 23.3 Å². The molecule has 0 radical (unpaired) electrons. The molecule has 0 saturated heterocycles. The van der Waals surface area contributed by atoms with E-state index in [-0.39, 0.29) is 0 Å². The fraction of sp³-hybridized carbons (Fsp3) is 0.167. The second-order valence-corrected chi connectivity index (χ2v) is 3.64. The van der Waals surface area contributed by atoms with Gasteiger partial charge < -0.3 is 4.74 Å². The normalized spacial score (nSPS) is 12.9. The second-order valence-electron chi connectivity index (χ2n) is 3.64. The van der Waals surface area contributed by atoms with Crippen LogP contribution in [0.25, 0.3) is 11.3 Å². The van der Waals surface area contributed by atoms with Crippen molar-refractivity contribution in [3.05, 3.63) is 36.0 Å². The maximum absolute atomic E-state index is 8.70. The van der Waals surface area contributed by atoms with Gasteiger partial charge in [0.25, 0.3) is 6.01 Å². The molecule has 78 valence electrons. The molecular formula is C12H9N3O. The summed E-state index contributed by atoms with van der Waals surface area (Å²) in [5, 5.41) is 8.70. The maximum Gasteiger partial charge on any atom is 0.297 e. The number of nitrogens with zero attached hydrogens (tertiary/aromatic N) is 3. The van der Waals surface area contributed by atoms with Crippen LogP contribution in [-0.4, -0.2) is 16.2 Å². The Hall–Kier alpha value is -2.28. The third-order valence-corrected chi connectivity index (χ3v) is 2.61. The molecule has 1 aliphatic rings. The van der Waals surface area contributed by atoms with Gasteiger partial charge in [-0.3, -0.25) is 4.57 Å². The predicted octanol–water partition coefficient (Wildman–Crippen LogP) is 1.81. The van der Waals surface area contributed by atoms with Gasteiger partial charge in [0.05, 0.1) is 23.9 Å². The standard InChI is InChI=1S/C12H9N3O/c13-7-9-1-3-10(4-2-9)11-8-15-5-6-16-12(15)14-11/h1-4,8H,5-6H2. The van der Waals surface area contributed by atoms with Crippen LogP contribution >= 0.6 is 0 Å². The second kappa shape index (κ2) is 3.38. The molecule has 0 amide bonds. The number of fused-ring (bicyclic) bond motifs is 1. The van der Waals surface area contributed by atoms with Crippen LogP contribution in [0.4, 0.5) is 0 Å². The molecule has 4 nitrogen and oxygen atoms in total. The van der Waals surface area contributed by atoms with Crippen molar-refractivity contribution >= 4 is 0 Å². The smallest absolute Gasteiger partial charge is 0.297 e. The van der Waals surface area contributed by atoms with Crippen LogP contribution < -0.4 is 4.74 Å². The monoisotopic (exact) mass is 211 g/mol. The van der Waals surface area contributed by atoms with E-state index < -0.39 is 0 Å². The van der Waals surface area contributed by atoms with Gasteiger partial charge in [-0.15, -0.1) is 0 Å². The number of hydrogen-bond acceptors (Lipinski definition) is 3. The summed E-state index contributed by atoms with van der Waals surface area (Å²) in [6.07, 6.45) is 1.98. The van der Waals surface area contributed by atoms with E-state index in [1.165, 1.54) is 0 Å². The highest BCUT2D eigenvalue weighted by Crippen LogP contribution is 2.24. The molecule has 0 spiro atoms. The van der Waals surface area contributed by atoms with E-state index in [0.29, 0.717) is 18.2 Å². The van der Waals surface area contributed by atoms with Crippen molar-refractivity contribution in [2.75, 3.05) is 6.61 Å². The van der Waals surface area contributed by atoms with Gasteiger partial charge in [-0.2, -0.15) is 10.2 Å². The Morgan fingerprint density at radius 3 is 2.81 bits per heavy atom. The summed E-state index contributed by atoms with van der Waals surface area (Å²) in [7, 11) is 0. The first kappa shape index (κ1) is 8.98. The zero-order chi connectivity index (χ0) is 11.0. The van der Waals surface area contributed by atoms with Crippen molar-refractivity contribution in [1.82, 2.24) is 9.55 Å². The van der Waals surface area contributed by atoms with E-state index in [2.05, 4.69) is 11.1 Å². The highest BCUT2D eigenvalue weighted by atomic mass is 16.5. The lowest BCUT2D eigenvalue weighted by Gasteiger charge is -1.96. The number of aromatic nitrogens is 2. The van der Waals surface area contributed by atoms with Crippen LogP contribution in [0.3, 0.4) is 0 Å². The summed E-state index contributed by atoms with van der Waals surface area (Å²) in [4.78, 5) is 4.37. The van der Waals surface area contributed by atoms with Gasteiger partial charge in [0.1, 0.15) is 6.61 Å².